The van der Waals surface area contributed by atoms with E-state index in [1.54, 1.807) is 0 Å². The molecule has 0 atom stereocenters. The predicted molar refractivity (Wildman–Crippen MR) is 114 cm³/mol. The van der Waals surface area contributed by atoms with Crippen LogP contribution in [0, 0.1) is 6.92 Å². The zero-order valence-electron chi connectivity index (χ0n) is 17.5. The fourth-order valence-electron chi connectivity index (χ4n) is 3.34. The van der Waals surface area contributed by atoms with Gasteiger partial charge in [-0.1, -0.05) is 54.8 Å². The maximum atomic E-state index is 12.0. The highest BCUT2D eigenvalue weighted by Crippen LogP contribution is 2.29. The second-order valence-corrected chi connectivity index (χ2v) is 7.16. The number of hydrogen-bond acceptors (Lipinski definition) is 4. The van der Waals surface area contributed by atoms with Gasteiger partial charge in [-0.2, -0.15) is 0 Å². The first kappa shape index (κ1) is 21.8. The standard InChI is InChI=1S/C24H32O4/c1-18(12-8-5-6-9-13-20-14-10-7-11-15-20)16-17-21-19(2)22(26-3)23(27-4)24(25)28-21/h7,10-11,14-16H,5-6,8-9,12-13,17H2,1-4H3/b18-16+. The number of allylic oxidation sites excluding steroid dienone is 2. The number of methoxy groups -OCH3 is 2. The lowest BCUT2D eigenvalue weighted by molar-refractivity contribution is 0.319. The molecule has 2 rings (SSSR count). The molecule has 4 nitrogen and oxygen atoms in total. The van der Waals surface area contributed by atoms with E-state index in [0.717, 1.165) is 18.4 Å². The Kier molecular flexibility index (Phi) is 8.86. The van der Waals surface area contributed by atoms with E-state index in [-0.39, 0.29) is 5.75 Å². The van der Waals surface area contributed by atoms with Crippen LogP contribution >= 0.6 is 0 Å². The number of benzene rings is 1. The van der Waals surface area contributed by atoms with Crippen LogP contribution in [0.5, 0.6) is 11.5 Å². The van der Waals surface area contributed by atoms with Gasteiger partial charge in [0.15, 0.2) is 5.75 Å². The Morgan fingerprint density at radius 1 is 1.00 bits per heavy atom. The van der Waals surface area contributed by atoms with Gasteiger partial charge in [0.1, 0.15) is 5.76 Å². The molecule has 0 bridgehead atoms. The van der Waals surface area contributed by atoms with Crippen molar-refractivity contribution >= 4 is 0 Å². The van der Waals surface area contributed by atoms with Gasteiger partial charge in [0.25, 0.3) is 0 Å². The lowest BCUT2D eigenvalue weighted by Gasteiger charge is -2.11. The Balaban J connectivity index is 1.78. The lowest BCUT2D eigenvalue weighted by atomic mass is 10.0. The van der Waals surface area contributed by atoms with Crippen LogP contribution in [-0.2, 0) is 12.8 Å². The molecule has 2 aromatic rings. The summed E-state index contributed by atoms with van der Waals surface area (Å²) in [5.41, 5.74) is 3.05. The van der Waals surface area contributed by atoms with Crippen molar-refractivity contribution in [2.45, 2.75) is 58.8 Å². The highest BCUT2D eigenvalue weighted by molar-refractivity contribution is 5.45. The second kappa shape index (κ2) is 11.4. The third kappa shape index (κ3) is 6.29. The van der Waals surface area contributed by atoms with E-state index >= 15 is 0 Å². The summed E-state index contributed by atoms with van der Waals surface area (Å²) in [6, 6.07) is 10.7. The SMILES string of the molecule is COc1c(C)c(C/C=C(\C)CCCCCCc2ccccc2)oc(=O)c1OC. The van der Waals surface area contributed by atoms with Gasteiger partial charge in [-0.25, -0.2) is 4.79 Å². The molecule has 0 saturated carbocycles. The van der Waals surface area contributed by atoms with Crippen molar-refractivity contribution in [3.05, 3.63) is 69.3 Å². The number of rotatable bonds is 11. The van der Waals surface area contributed by atoms with Crippen molar-refractivity contribution in [3.63, 3.8) is 0 Å². The monoisotopic (exact) mass is 384 g/mol. The molecule has 4 heteroatoms. The van der Waals surface area contributed by atoms with Crippen molar-refractivity contribution in [1.82, 2.24) is 0 Å². The van der Waals surface area contributed by atoms with Crippen LogP contribution in [0.3, 0.4) is 0 Å². The van der Waals surface area contributed by atoms with Crippen LogP contribution in [0.4, 0.5) is 0 Å². The van der Waals surface area contributed by atoms with Gasteiger partial charge in [0, 0.05) is 12.0 Å². The Morgan fingerprint density at radius 3 is 2.36 bits per heavy atom. The third-order valence-corrected chi connectivity index (χ3v) is 5.04. The van der Waals surface area contributed by atoms with Crippen molar-refractivity contribution < 1.29 is 13.9 Å². The maximum Gasteiger partial charge on any atom is 0.382 e. The minimum absolute atomic E-state index is 0.125. The number of hydrogen-bond donors (Lipinski definition) is 0. The Morgan fingerprint density at radius 2 is 1.68 bits per heavy atom. The van der Waals surface area contributed by atoms with Gasteiger partial charge in [-0.3, -0.25) is 0 Å². The summed E-state index contributed by atoms with van der Waals surface area (Å²) in [5.74, 6) is 1.21. The second-order valence-electron chi connectivity index (χ2n) is 7.16. The van der Waals surface area contributed by atoms with E-state index in [0.29, 0.717) is 17.9 Å². The van der Waals surface area contributed by atoms with E-state index in [2.05, 4.69) is 43.3 Å². The summed E-state index contributed by atoms with van der Waals surface area (Å²) < 4.78 is 15.8. The van der Waals surface area contributed by atoms with Crippen molar-refractivity contribution in [3.8, 4) is 11.5 Å². The zero-order chi connectivity index (χ0) is 20.4. The van der Waals surface area contributed by atoms with Gasteiger partial charge in [0.05, 0.1) is 14.2 Å². The molecule has 0 aliphatic carbocycles. The predicted octanol–water partition coefficient (Wildman–Crippen LogP) is 5.65. The molecule has 0 aliphatic heterocycles. The molecule has 152 valence electrons. The van der Waals surface area contributed by atoms with Crippen molar-refractivity contribution in [1.29, 1.82) is 0 Å². The third-order valence-electron chi connectivity index (χ3n) is 5.04. The normalized spacial score (nSPS) is 11.5. The summed E-state index contributed by atoms with van der Waals surface area (Å²) in [4.78, 5) is 12.0. The van der Waals surface area contributed by atoms with Gasteiger partial charge in [-0.05, 0) is 45.1 Å². The number of unbranched alkanes of at least 4 members (excludes halogenated alkanes) is 3. The molecular weight excluding hydrogens is 352 g/mol. The first-order valence-corrected chi connectivity index (χ1v) is 10.0. The fraction of sp³-hybridized carbons (Fsp3) is 0.458. The van der Waals surface area contributed by atoms with Crippen LogP contribution in [0.15, 0.2) is 51.2 Å². The van der Waals surface area contributed by atoms with E-state index in [1.165, 1.54) is 51.0 Å². The van der Waals surface area contributed by atoms with Crippen LogP contribution in [0.25, 0.3) is 0 Å². The van der Waals surface area contributed by atoms with Crippen molar-refractivity contribution in [2.24, 2.45) is 0 Å². The summed E-state index contributed by atoms with van der Waals surface area (Å²) >= 11 is 0. The molecule has 28 heavy (non-hydrogen) atoms. The number of ether oxygens (including phenoxy) is 2. The maximum absolute atomic E-state index is 12.0. The van der Waals surface area contributed by atoms with Gasteiger partial charge in [0.2, 0.25) is 5.75 Å². The Labute approximate surface area is 168 Å². The summed E-state index contributed by atoms with van der Waals surface area (Å²) in [7, 11) is 2.98. The van der Waals surface area contributed by atoms with Gasteiger partial charge >= 0.3 is 5.63 Å². The van der Waals surface area contributed by atoms with Crippen molar-refractivity contribution in [2.75, 3.05) is 14.2 Å². The Hall–Kier alpha value is -2.49. The van der Waals surface area contributed by atoms with Crippen LogP contribution in [-0.4, -0.2) is 14.2 Å². The molecule has 0 spiro atoms. The molecule has 0 radical (unpaired) electrons. The highest BCUT2D eigenvalue weighted by atomic mass is 16.5. The number of aryl methyl sites for hydroxylation is 1. The first-order chi connectivity index (χ1) is 13.6. The molecule has 1 heterocycles. The zero-order valence-corrected chi connectivity index (χ0v) is 17.5. The molecule has 0 saturated heterocycles. The van der Waals surface area contributed by atoms with E-state index < -0.39 is 5.63 Å². The quantitative estimate of drug-likeness (QED) is 0.371. The topological polar surface area (TPSA) is 48.7 Å². The summed E-state index contributed by atoms with van der Waals surface area (Å²) in [6.07, 6.45) is 9.88. The minimum atomic E-state index is -0.496. The lowest BCUT2D eigenvalue weighted by Crippen LogP contribution is -2.10. The summed E-state index contributed by atoms with van der Waals surface area (Å²) in [5, 5.41) is 0. The van der Waals surface area contributed by atoms with E-state index in [1.807, 2.05) is 6.92 Å². The first-order valence-electron chi connectivity index (χ1n) is 10.0. The minimum Gasteiger partial charge on any atom is -0.492 e. The highest BCUT2D eigenvalue weighted by Gasteiger charge is 2.17. The molecule has 0 aliphatic rings. The van der Waals surface area contributed by atoms with Gasteiger partial charge in [-0.15, -0.1) is 0 Å². The van der Waals surface area contributed by atoms with E-state index in [4.69, 9.17) is 13.9 Å². The summed E-state index contributed by atoms with van der Waals surface area (Å²) in [6.45, 7) is 4.02. The fourth-order valence-corrected chi connectivity index (χ4v) is 3.34. The average Bonchev–Trinajstić information content (AvgIpc) is 2.71. The average molecular weight is 385 g/mol. The van der Waals surface area contributed by atoms with Gasteiger partial charge < -0.3 is 13.9 Å². The van der Waals surface area contributed by atoms with Crippen LogP contribution in [0.1, 0.15) is 55.9 Å². The largest absolute Gasteiger partial charge is 0.492 e. The van der Waals surface area contributed by atoms with E-state index in [9.17, 15) is 4.79 Å². The molecular formula is C24H32O4. The smallest absolute Gasteiger partial charge is 0.382 e. The Bertz CT molecular complexity index is 818. The van der Waals surface area contributed by atoms with Crippen LogP contribution in [0.2, 0.25) is 0 Å². The molecule has 1 aromatic carbocycles. The molecule has 1 aromatic heterocycles. The molecule has 0 N–H and O–H groups in total. The molecule has 0 fully saturated rings. The molecule has 0 amide bonds. The molecule has 0 unspecified atom stereocenters. The van der Waals surface area contributed by atoms with Crippen LogP contribution < -0.4 is 15.1 Å².